The van der Waals surface area contributed by atoms with Gasteiger partial charge < -0.3 is 10.6 Å². The number of amides is 2. The van der Waals surface area contributed by atoms with Crippen LogP contribution in [0.4, 0.5) is 0 Å². The summed E-state index contributed by atoms with van der Waals surface area (Å²) >= 11 is 0. The van der Waals surface area contributed by atoms with E-state index in [0.717, 1.165) is 6.42 Å². The normalized spacial score (nSPS) is 29.6. The number of aliphatic imine (C=N–C) groups is 1. The topological polar surface area (TPSA) is 108 Å². The Balaban J connectivity index is 1.46. The molecule has 1 saturated carbocycles. The van der Waals surface area contributed by atoms with Crippen LogP contribution in [0.2, 0.25) is 0 Å². The third-order valence-corrected chi connectivity index (χ3v) is 8.62. The number of nitrogens with zero attached hydrogens (tertiary/aromatic N) is 2. The molecule has 8 nitrogen and oxygen atoms in total. The van der Waals surface area contributed by atoms with E-state index in [0.29, 0.717) is 12.5 Å². The van der Waals surface area contributed by atoms with Crippen molar-refractivity contribution in [1.82, 2.24) is 15.5 Å². The molecule has 0 aromatic rings. The molecule has 0 aromatic heterocycles. The molecule has 2 N–H and O–H groups in total. The minimum Gasteiger partial charge on any atom is -0.355 e. The van der Waals surface area contributed by atoms with E-state index in [2.05, 4.69) is 27.8 Å². The number of guanidine groups is 1. The Bertz CT molecular complexity index is 782. The van der Waals surface area contributed by atoms with Crippen LogP contribution in [0.25, 0.3) is 0 Å². The van der Waals surface area contributed by atoms with Gasteiger partial charge in [-0.05, 0) is 39.0 Å². The molecule has 28 heavy (non-hydrogen) atoms. The van der Waals surface area contributed by atoms with Gasteiger partial charge in [-0.3, -0.25) is 19.5 Å². The molecule has 2 aliphatic carbocycles. The smallest absolute Gasteiger partial charge is 0.233 e. The van der Waals surface area contributed by atoms with Gasteiger partial charge in [0.1, 0.15) is 0 Å². The van der Waals surface area contributed by atoms with E-state index in [1.165, 1.54) is 4.90 Å². The van der Waals surface area contributed by atoms with Crippen LogP contribution < -0.4 is 10.6 Å². The molecule has 1 heterocycles. The van der Waals surface area contributed by atoms with E-state index in [-0.39, 0.29) is 54.3 Å². The number of carbonyl (C=O) groups excluding carboxylic acids is 2. The number of hydrogen-bond donors (Lipinski definition) is 2. The van der Waals surface area contributed by atoms with Crippen molar-refractivity contribution >= 4 is 27.6 Å². The number of imide groups is 1. The fraction of sp³-hybridized carbons (Fsp3) is 0.737. The Labute approximate surface area is 166 Å². The molecule has 4 atom stereocenters. The minimum atomic E-state index is -3.21. The summed E-state index contributed by atoms with van der Waals surface area (Å²) in [7, 11) is -1.62. The second kappa shape index (κ2) is 7.50. The summed E-state index contributed by atoms with van der Waals surface area (Å²) in [5.74, 6) is 0.391. The van der Waals surface area contributed by atoms with Crippen molar-refractivity contribution in [3.63, 3.8) is 0 Å². The van der Waals surface area contributed by atoms with Crippen molar-refractivity contribution < 1.29 is 18.0 Å². The van der Waals surface area contributed by atoms with Gasteiger partial charge in [0.25, 0.3) is 0 Å². The predicted octanol–water partition coefficient (Wildman–Crippen LogP) is 0.172. The van der Waals surface area contributed by atoms with Crippen molar-refractivity contribution in [2.45, 2.75) is 31.9 Å². The number of hydrogen-bond acceptors (Lipinski definition) is 5. The molecule has 2 bridgehead atoms. The summed E-state index contributed by atoms with van der Waals surface area (Å²) < 4.78 is 23.5. The van der Waals surface area contributed by atoms with Crippen LogP contribution in [0.3, 0.4) is 0 Å². The van der Waals surface area contributed by atoms with Crippen molar-refractivity contribution in [2.75, 3.05) is 32.4 Å². The van der Waals surface area contributed by atoms with E-state index in [1.54, 1.807) is 27.8 Å². The van der Waals surface area contributed by atoms with Crippen molar-refractivity contribution in [2.24, 2.45) is 28.7 Å². The van der Waals surface area contributed by atoms with Crippen molar-refractivity contribution in [3.8, 4) is 0 Å². The summed E-state index contributed by atoms with van der Waals surface area (Å²) in [5.41, 5.74) is 0. The lowest BCUT2D eigenvalue weighted by Crippen LogP contribution is -2.45. The SMILES string of the molecule is CN=C(NCCN1C(=O)C2C3C=CC(C3)C2C1=O)NCCS(=O)(=O)C(C)(C)C. The summed E-state index contributed by atoms with van der Waals surface area (Å²) in [6.07, 6.45) is 5.08. The van der Waals surface area contributed by atoms with Crippen LogP contribution in [0.1, 0.15) is 27.2 Å². The molecular formula is C19H30N4O4S. The molecule has 156 valence electrons. The first kappa shape index (κ1) is 20.8. The average molecular weight is 411 g/mol. The Kier molecular flexibility index (Phi) is 5.58. The van der Waals surface area contributed by atoms with Gasteiger partial charge in [-0.2, -0.15) is 0 Å². The number of likely N-dealkylation sites (tertiary alicyclic amines) is 1. The van der Waals surface area contributed by atoms with Crippen LogP contribution in [0, 0.1) is 23.7 Å². The highest BCUT2D eigenvalue weighted by Crippen LogP contribution is 2.52. The zero-order valence-electron chi connectivity index (χ0n) is 16.9. The lowest BCUT2D eigenvalue weighted by Gasteiger charge is -2.20. The van der Waals surface area contributed by atoms with Crippen molar-refractivity contribution in [3.05, 3.63) is 12.2 Å². The maximum absolute atomic E-state index is 12.6. The minimum absolute atomic E-state index is 0.000562. The standard InChI is InChI=1S/C19H30N4O4S/c1-19(2,3)28(26,27)10-8-22-18(20-4)21-7-9-23-16(24)14-12-5-6-13(11-12)15(14)17(23)25/h5-6,12-15H,7-11H2,1-4H3,(H2,20,21,22). The summed E-state index contributed by atoms with van der Waals surface area (Å²) in [5, 5.41) is 6.02. The largest absolute Gasteiger partial charge is 0.355 e. The summed E-state index contributed by atoms with van der Waals surface area (Å²) in [6, 6.07) is 0. The highest BCUT2D eigenvalue weighted by Gasteiger charge is 2.58. The van der Waals surface area contributed by atoms with Gasteiger partial charge in [-0.15, -0.1) is 0 Å². The number of nitrogens with one attached hydrogen (secondary N) is 2. The van der Waals surface area contributed by atoms with Gasteiger partial charge in [-0.25, -0.2) is 8.42 Å². The first-order valence-electron chi connectivity index (χ1n) is 9.77. The molecule has 3 aliphatic rings. The molecule has 1 saturated heterocycles. The molecule has 9 heteroatoms. The molecule has 3 rings (SSSR count). The van der Waals surface area contributed by atoms with E-state index in [4.69, 9.17) is 0 Å². The number of carbonyl (C=O) groups is 2. The van der Waals surface area contributed by atoms with Gasteiger partial charge in [0.2, 0.25) is 11.8 Å². The summed E-state index contributed by atoms with van der Waals surface area (Å²) in [6.45, 7) is 5.92. The maximum atomic E-state index is 12.6. The molecule has 0 aromatic carbocycles. The van der Waals surface area contributed by atoms with Gasteiger partial charge in [-0.1, -0.05) is 12.2 Å². The monoisotopic (exact) mass is 410 g/mol. The quantitative estimate of drug-likeness (QED) is 0.280. The third-order valence-electron chi connectivity index (χ3n) is 6.01. The maximum Gasteiger partial charge on any atom is 0.233 e. The van der Waals surface area contributed by atoms with Crippen molar-refractivity contribution in [1.29, 1.82) is 0 Å². The van der Waals surface area contributed by atoms with Crippen LogP contribution in [0.15, 0.2) is 17.1 Å². The van der Waals surface area contributed by atoms with Gasteiger partial charge >= 0.3 is 0 Å². The second-order valence-corrected chi connectivity index (χ2v) is 11.5. The highest BCUT2D eigenvalue weighted by molar-refractivity contribution is 7.92. The number of fused-ring (bicyclic) bond motifs is 5. The van der Waals surface area contributed by atoms with Crippen LogP contribution in [0.5, 0.6) is 0 Å². The fourth-order valence-electron chi connectivity index (χ4n) is 4.30. The van der Waals surface area contributed by atoms with Crippen LogP contribution in [-0.4, -0.2) is 68.3 Å². The van der Waals surface area contributed by atoms with Gasteiger partial charge in [0, 0.05) is 26.7 Å². The molecular weight excluding hydrogens is 380 g/mol. The van der Waals surface area contributed by atoms with E-state index in [1.807, 2.05) is 0 Å². The van der Waals surface area contributed by atoms with Gasteiger partial charge in [0.15, 0.2) is 15.8 Å². The Hall–Kier alpha value is -1.90. The van der Waals surface area contributed by atoms with E-state index in [9.17, 15) is 18.0 Å². The molecule has 2 fully saturated rings. The Morgan fingerprint density at radius 3 is 2.14 bits per heavy atom. The first-order chi connectivity index (χ1) is 13.1. The molecule has 1 aliphatic heterocycles. The zero-order chi connectivity index (χ0) is 20.7. The summed E-state index contributed by atoms with van der Waals surface area (Å²) in [4.78, 5) is 30.7. The third kappa shape index (κ3) is 3.68. The average Bonchev–Trinajstić information content (AvgIpc) is 3.28. The molecule has 2 amide bonds. The Morgan fingerprint density at radius 1 is 1.11 bits per heavy atom. The van der Waals surface area contributed by atoms with Gasteiger partial charge in [0.05, 0.1) is 22.3 Å². The molecule has 4 unspecified atom stereocenters. The lowest BCUT2D eigenvalue weighted by molar-refractivity contribution is -0.140. The lowest BCUT2D eigenvalue weighted by atomic mass is 9.85. The predicted molar refractivity (Wildman–Crippen MR) is 107 cm³/mol. The first-order valence-corrected chi connectivity index (χ1v) is 11.4. The van der Waals surface area contributed by atoms with Crippen LogP contribution >= 0.6 is 0 Å². The number of sulfone groups is 1. The molecule has 0 radical (unpaired) electrons. The van der Waals surface area contributed by atoms with E-state index < -0.39 is 14.6 Å². The number of rotatable bonds is 6. The fourth-order valence-corrected chi connectivity index (χ4v) is 5.28. The second-order valence-electron chi connectivity index (χ2n) is 8.69. The number of allylic oxidation sites excluding steroid dienone is 2. The highest BCUT2D eigenvalue weighted by atomic mass is 32.2. The Morgan fingerprint density at radius 2 is 1.64 bits per heavy atom. The zero-order valence-corrected chi connectivity index (χ0v) is 17.8. The van der Waals surface area contributed by atoms with E-state index >= 15 is 0 Å². The molecule has 0 spiro atoms. The van der Waals surface area contributed by atoms with Crippen LogP contribution in [-0.2, 0) is 19.4 Å².